The zero-order chi connectivity index (χ0) is 26.4. The molecule has 0 aliphatic heterocycles. The fraction of sp³-hybridized carbons (Fsp3) is 0.167. The number of ether oxygens (including phenoxy) is 1. The van der Waals surface area contributed by atoms with Gasteiger partial charge in [0.05, 0.1) is 24.2 Å². The van der Waals surface area contributed by atoms with Gasteiger partial charge >= 0.3 is 0 Å². The Bertz CT molecular complexity index is 1510. The highest BCUT2D eigenvalue weighted by Gasteiger charge is 2.22. The number of anilines is 3. The van der Waals surface area contributed by atoms with Crippen LogP contribution in [0.5, 0.6) is 5.75 Å². The molecule has 4 aromatic rings. The Kier molecular flexibility index (Phi) is 7.89. The highest BCUT2D eigenvalue weighted by Crippen LogP contribution is 2.34. The van der Waals surface area contributed by atoms with E-state index in [-0.39, 0.29) is 40.9 Å². The highest BCUT2D eigenvalue weighted by atomic mass is 35.5. The second kappa shape index (κ2) is 11.3. The van der Waals surface area contributed by atoms with E-state index >= 15 is 0 Å². The fourth-order valence-electron chi connectivity index (χ4n) is 3.46. The molecule has 0 saturated heterocycles. The van der Waals surface area contributed by atoms with Crippen molar-refractivity contribution in [3.8, 4) is 17.0 Å². The molecule has 2 heterocycles. The smallest absolute Gasteiger partial charge is 0.254 e. The second-order valence-electron chi connectivity index (χ2n) is 7.81. The number of sulfonamides is 1. The minimum absolute atomic E-state index is 0.0922. The van der Waals surface area contributed by atoms with Crippen LogP contribution in [0.1, 0.15) is 22.8 Å². The van der Waals surface area contributed by atoms with Crippen LogP contribution in [0, 0.1) is 0 Å². The Hall–Kier alpha value is -4.16. The van der Waals surface area contributed by atoms with Crippen LogP contribution >= 0.6 is 11.6 Å². The van der Waals surface area contributed by atoms with Crippen LogP contribution in [0.4, 0.5) is 17.3 Å². The van der Waals surface area contributed by atoms with Crippen molar-refractivity contribution in [3.63, 3.8) is 0 Å². The summed E-state index contributed by atoms with van der Waals surface area (Å²) in [5, 5.41) is 10.6. The SMILES string of the molecule is CCS(=O)(=O)Nc1ccc(-c2n[nH]c(Nc3cnccn3)c2C(N)=O)cc1OCCc1ccccc1Cl. The molecule has 2 aromatic carbocycles. The molecule has 0 unspecified atom stereocenters. The number of carbonyl (C=O) groups excluding carboxylic acids is 1. The molecule has 0 fully saturated rings. The number of nitrogens with two attached hydrogens (primary N) is 1. The Morgan fingerprint density at radius 1 is 1.19 bits per heavy atom. The summed E-state index contributed by atoms with van der Waals surface area (Å²) in [6.07, 6.45) is 4.97. The lowest BCUT2D eigenvalue weighted by Crippen LogP contribution is -2.16. The van der Waals surface area contributed by atoms with Gasteiger partial charge in [0, 0.05) is 29.4 Å². The van der Waals surface area contributed by atoms with Crippen LogP contribution in [-0.2, 0) is 16.4 Å². The van der Waals surface area contributed by atoms with Gasteiger partial charge in [0.15, 0.2) is 0 Å². The van der Waals surface area contributed by atoms with Crippen LogP contribution in [0.3, 0.4) is 0 Å². The molecule has 1 amide bonds. The standard InChI is InChI=1S/C24H24ClN7O4S/c1-2-37(34,35)32-18-8-7-16(13-19(18)36-12-9-15-5-3-4-6-17(15)25)22-21(23(26)33)24(31-30-22)29-20-14-27-10-11-28-20/h3-8,10-11,13-14,32H,2,9,12H2,1H3,(H2,26,33)(H2,28,29,30,31). The average molecular weight is 542 g/mol. The number of hydrogen-bond acceptors (Lipinski definition) is 8. The number of halogens is 1. The highest BCUT2D eigenvalue weighted by molar-refractivity contribution is 7.92. The minimum atomic E-state index is -3.58. The van der Waals surface area contributed by atoms with Gasteiger partial charge in [0.1, 0.15) is 28.6 Å². The molecule has 2 aromatic heterocycles. The molecular formula is C24H24ClN7O4S. The molecule has 192 valence electrons. The number of rotatable bonds is 11. The lowest BCUT2D eigenvalue weighted by Gasteiger charge is -2.15. The molecule has 13 heteroatoms. The van der Waals surface area contributed by atoms with Gasteiger partial charge in [-0.2, -0.15) is 5.10 Å². The zero-order valence-corrected chi connectivity index (χ0v) is 21.3. The zero-order valence-electron chi connectivity index (χ0n) is 19.7. The number of H-pyrrole nitrogens is 1. The summed E-state index contributed by atoms with van der Waals surface area (Å²) in [7, 11) is -3.58. The first-order chi connectivity index (χ1) is 17.8. The van der Waals surface area contributed by atoms with E-state index in [1.54, 1.807) is 24.3 Å². The summed E-state index contributed by atoms with van der Waals surface area (Å²) in [4.78, 5) is 20.5. The summed E-state index contributed by atoms with van der Waals surface area (Å²) in [6.45, 7) is 1.75. The second-order valence-corrected chi connectivity index (χ2v) is 10.2. The molecule has 0 aliphatic rings. The van der Waals surface area contributed by atoms with E-state index in [9.17, 15) is 13.2 Å². The molecule has 0 saturated carbocycles. The molecule has 4 rings (SSSR count). The van der Waals surface area contributed by atoms with Crippen molar-refractivity contribution < 1.29 is 17.9 Å². The van der Waals surface area contributed by atoms with E-state index in [4.69, 9.17) is 22.1 Å². The minimum Gasteiger partial charge on any atom is -0.491 e. The van der Waals surface area contributed by atoms with E-state index in [0.717, 1.165) is 5.56 Å². The Labute approximate surface area is 218 Å². The number of amides is 1. The lowest BCUT2D eigenvalue weighted by molar-refractivity contribution is 0.100. The summed E-state index contributed by atoms with van der Waals surface area (Å²) in [6, 6.07) is 12.1. The first kappa shape index (κ1) is 25.9. The van der Waals surface area contributed by atoms with Crippen molar-refractivity contribution in [1.82, 2.24) is 20.2 Å². The van der Waals surface area contributed by atoms with Crippen molar-refractivity contribution in [2.45, 2.75) is 13.3 Å². The molecule has 37 heavy (non-hydrogen) atoms. The average Bonchev–Trinajstić information content (AvgIpc) is 3.30. The Morgan fingerprint density at radius 2 is 2.00 bits per heavy atom. The normalized spacial score (nSPS) is 11.2. The molecule has 0 bridgehead atoms. The van der Waals surface area contributed by atoms with Crippen LogP contribution < -0.4 is 20.5 Å². The summed E-state index contributed by atoms with van der Waals surface area (Å²) in [5.74, 6) is 0.0275. The van der Waals surface area contributed by atoms with E-state index < -0.39 is 15.9 Å². The number of aromatic amines is 1. The Morgan fingerprint density at radius 3 is 2.70 bits per heavy atom. The van der Waals surface area contributed by atoms with Gasteiger partial charge in [-0.15, -0.1) is 0 Å². The maximum atomic E-state index is 12.4. The van der Waals surface area contributed by atoms with E-state index in [1.165, 1.54) is 25.5 Å². The molecular weight excluding hydrogens is 518 g/mol. The lowest BCUT2D eigenvalue weighted by atomic mass is 10.1. The van der Waals surface area contributed by atoms with Gasteiger partial charge in [0.2, 0.25) is 10.0 Å². The van der Waals surface area contributed by atoms with Gasteiger partial charge < -0.3 is 15.8 Å². The van der Waals surface area contributed by atoms with Gasteiger partial charge in [-0.05, 0) is 30.7 Å². The molecule has 0 aliphatic carbocycles. The summed E-state index contributed by atoms with van der Waals surface area (Å²) >= 11 is 6.24. The van der Waals surface area contributed by atoms with Crippen molar-refractivity contribution in [2.75, 3.05) is 22.4 Å². The number of primary amides is 1. The van der Waals surface area contributed by atoms with E-state index in [2.05, 4.69) is 30.2 Å². The van der Waals surface area contributed by atoms with E-state index in [1.807, 2.05) is 18.2 Å². The predicted molar refractivity (Wildman–Crippen MR) is 142 cm³/mol. The summed E-state index contributed by atoms with van der Waals surface area (Å²) in [5.41, 5.74) is 7.62. The van der Waals surface area contributed by atoms with Crippen molar-refractivity contribution in [3.05, 3.63) is 77.2 Å². The topological polar surface area (TPSA) is 165 Å². The fourth-order valence-corrected chi connectivity index (χ4v) is 4.34. The third kappa shape index (κ3) is 6.35. The molecule has 11 nitrogen and oxygen atoms in total. The number of benzene rings is 2. The maximum Gasteiger partial charge on any atom is 0.254 e. The van der Waals surface area contributed by atoms with Crippen molar-refractivity contribution >= 4 is 44.9 Å². The van der Waals surface area contributed by atoms with Gasteiger partial charge in [-0.1, -0.05) is 35.9 Å². The van der Waals surface area contributed by atoms with E-state index in [0.29, 0.717) is 22.8 Å². The molecule has 5 N–H and O–H groups in total. The largest absolute Gasteiger partial charge is 0.491 e. The first-order valence-corrected chi connectivity index (χ1v) is 13.2. The van der Waals surface area contributed by atoms with Gasteiger partial charge in [-0.3, -0.25) is 19.6 Å². The monoisotopic (exact) mass is 541 g/mol. The van der Waals surface area contributed by atoms with Crippen LogP contribution in [0.2, 0.25) is 5.02 Å². The molecule has 0 atom stereocenters. The number of aromatic nitrogens is 4. The number of carbonyl (C=O) groups is 1. The number of hydrogen-bond donors (Lipinski definition) is 4. The predicted octanol–water partition coefficient (Wildman–Crippen LogP) is 3.75. The van der Waals surface area contributed by atoms with Crippen LogP contribution in [-0.4, -0.2) is 46.9 Å². The van der Waals surface area contributed by atoms with Crippen LogP contribution in [0.15, 0.2) is 61.1 Å². The first-order valence-electron chi connectivity index (χ1n) is 11.2. The molecule has 0 spiro atoms. The Balaban J connectivity index is 1.67. The summed E-state index contributed by atoms with van der Waals surface area (Å²) < 4.78 is 33.0. The number of nitrogens with one attached hydrogen (secondary N) is 3. The van der Waals surface area contributed by atoms with Crippen molar-refractivity contribution in [1.29, 1.82) is 0 Å². The van der Waals surface area contributed by atoms with Crippen molar-refractivity contribution in [2.24, 2.45) is 5.73 Å². The van der Waals surface area contributed by atoms with Crippen LogP contribution in [0.25, 0.3) is 11.3 Å². The maximum absolute atomic E-state index is 12.4. The van der Waals surface area contributed by atoms with Gasteiger partial charge in [0.25, 0.3) is 5.91 Å². The third-order valence-electron chi connectivity index (χ3n) is 5.32. The quantitative estimate of drug-likeness (QED) is 0.223. The number of nitrogens with zero attached hydrogens (tertiary/aromatic N) is 3. The third-order valence-corrected chi connectivity index (χ3v) is 6.98. The molecule has 0 radical (unpaired) electrons. The van der Waals surface area contributed by atoms with Gasteiger partial charge in [-0.25, -0.2) is 13.4 Å².